The minimum Gasteiger partial charge on any atom is -0.456 e. The van der Waals surface area contributed by atoms with Crippen LogP contribution in [0.15, 0.2) is 154 Å². The van der Waals surface area contributed by atoms with Crippen molar-refractivity contribution in [2.75, 3.05) is 0 Å². The zero-order chi connectivity index (χ0) is 36.2. The fourth-order valence-electron chi connectivity index (χ4n) is 9.48. The number of fused-ring (bicyclic) bond motifs is 17. The van der Waals surface area contributed by atoms with E-state index in [0.717, 1.165) is 115 Å². The van der Waals surface area contributed by atoms with Gasteiger partial charge in [0.2, 0.25) is 11.9 Å². The number of hydrogen-bond acceptors (Lipinski definition) is 6. The van der Waals surface area contributed by atoms with Gasteiger partial charge in [-0.1, -0.05) is 97.1 Å². The second-order valence-corrected chi connectivity index (χ2v) is 14.6. The molecule has 0 bridgehead atoms. The Morgan fingerprint density at radius 3 is 1.25 bits per heavy atom. The van der Waals surface area contributed by atoms with Gasteiger partial charge in [-0.25, -0.2) is 9.97 Å². The highest BCUT2D eigenvalue weighted by Crippen LogP contribution is 2.47. The Kier molecular flexibility index (Phi) is 5.12. The van der Waals surface area contributed by atoms with E-state index in [1.165, 1.54) is 0 Å². The maximum atomic E-state index is 6.35. The van der Waals surface area contributed by atoms with Gasteiger partial charge >= 0.3 is 0 Å². The van der Waals surface area contributed by atoms with Crippen molar-refractivity contribution in [1.82, 2.24) is 29.1 Å². The third-order valence-electron chi connectivity index (χ3n) is 11.7. The number of hydrogen-bond donors (Lipinski definition) is 0. The molecule has 8 heteroatoms. The van der Waals surface area contributed by atoms with Crippen molar-refractivity contribution in [3.63, 3.8) is 0 Å². The molecular formula is C48H24N6O2. The van der Waals surface area contributed by atoms with Crippen molar-refractivity contribution < 1.29 is 8.83 Å². The summed E-state index contributed by atoms with van der Waals surface area (Å²) in [6, 6.07) is 50.1. The van der Waals surface area contributed by atoms with Crippen LogP contribution in [0.3, 0.4) is 0 Å². The van der Waals surface area contributed by atoms with E-state index < -0.39 is 0 Å². The molecule has 0 aliphatic heterocycles. The smallest absolute Gasteiger partial charge is 0.237 e. The number of rotatable bonds is 2. The first kappa shape index (κ1) is 28.6. The molecule has 0 atom stereocenters. The first-order chi connectivity index (χ1) is 27.8. The molecule has 258 valence electrons. The number of aromatic nitrogens is 6. The fraction of sp³-hybridized carbons (Fsp3) is 0. The molecule has 0 spiro atoms. The van der Waals surface area contributed by atoms with Crippen molar-refractivity contribution in [2.45, 2.75) is 0 Å². The Bertz CT molecular complexity index is 3650. The molecule has 0 unspecified atom stereocenters. The van der Waals surface area contributed by atoms with Crippen LogP contribution in [-0.4, -0.2) is 29.1 Å². The zero-order valence-electron chi connectivity index (χ0n) is 29.4. The summed E-state index contributed by atoms with van der Waals surface area (Å²) in [4.78, 5) is 21.4. The summed E-state index contributed by atoms with van der Waals surface area (Å²) in [5.74, 6) is 1.10. The molecule has 0 saturated heterocycles. The van der Waals surface area contributed by atoms with Gasteiger partial charge in [-0.3, -0.25) is 9.13 Å². The first-order valence-corrected chi connectivity index (χ1v) is 18.7. The van der Waals surface area contributed by atoms with Crippen LogP contribution in [0.1, 0.15) is 0 Å². The van der Waals surface area contributed by atoms with E-state index >= 15 is 0 Å². The maximum absolute atomic E-state index is 6.35. The summed E-state index contributed by atoms with van der Waals surface area (Å²) in [6.07, 6.45) is 0. The van der Waals surface area contributed by atoms with Crippen LogP contribution in [0.4, 0.5) is 0 Å². The van der Waals surface area contributed by atoms with E-state index in [2.05, 4.69) is 130 Å². The predicted octanol–water partition coefficient (Wildman–Crippen LogP) is 12.1. The molecular weight excluding hydrogens is 693 g/mol. The van der Waals surface area contributed by atoms with E-state index in [0.29, 0.717) is 17.5 Å². The number of furan rings is 2. The molecule has 1 aliphatic rings. The molecule has 14 rings (SSSR count). The van der Waals surface area contributed by atoms with Crippen molar-refractivity contribution in [2.24, 2.45) is 0 Å². The quantitative estimate of drug-likeness (QED) is 0.177. The molecule has 0 radical (unpaired) electrons. The lowest BCUT2D eigenvalue weighted by atomic mass is 10.1. The van der Waals surface area contributed by atoms with E-state index in [4.69, 9.17) is 28.8 Å². The molecule has 0 amide bonds. The SMILES string of the molecule is c1ccc2c(c1)-c1nc(-n3c4ccccc4c4c5c(ccc43)oc3ccccc35)nc3nc(-n4c5ccccc5c5c6c(ccc54)oc4ccccc46)nc-2c13. The number of para-hydroxylation sites is 4. The van der Waals surface area contributed by atoms with Gasteiger partial charge in [0.25, 0.3) is 0 Å². The highest BCUT2D eigenvalue weighted by atomic mass is 16.3. The van der Waals surface area contributed by atoms with Crippen LogP contribution in [0.25, 0.3) is 133 Å². The summed E-state index contributed by atoms with van der Waals surface area (Å²) >= 11 is 0. The molecule has 1 aliphatic carbocycles. The summed E-state index contributed by atoms with van der Waals surface area (Å²) in [7, 11) is 0. The van der Waals surface area contributed by atoms with Gasteiger partial charge in [-0.15, -0.1) is 0 Å². The lowest BCUT2D eigenvalue weighted by Gasteiger charge is -2.11. The molecule has 13 aromatic rings. The molecule has 0 fully saturated rings. The molecule has 6 aromatic heterocycles. The summed E-state index contributed by atoms with van der Waals surface area (Å²) in [5, 5.41) is 9.61. The Hall–Kier alpha value is -7.84. The van der Waals surface area contributed by atoms with Gasteiger partial charge in [-0.2, -0.15) is 9.97 Å². The zero-order valence-corrected chi connectivity index (χ0v) is 29.4. The summed E-state index contributed by atoms with van der Waals surface area (Å²) in [5.41, 5.74) is 11.7. The monoisotopic (exact) mass is 716 g/mol. The molecule has 56 heavy (non-hydrogen) atoms. The summed E-state index contributed by atoms with van der Waals surface area (Å²) < 4.78 is 17.0. The molecule has 6 heterocycles. The molecule has 0 saturated carbocycles. The lowest BCUT2D eigenvalue weighted by Crippen LogP contribution is -2.06. The average molecular weight is 717 g/mol. The van der Waals surface area contributed by atoms with Gasteiger partial charge in [0, 0.05) is 54.2 Å². The van der Waals surface area contributed by atoms with Crippen LogP contribution in [-0.2, 0) is 0 Å². The van der Waals surface area contributed by atoms with Crippen LogP contribution < -0.4 is 0 Å². The standard InChI is InChI=1S/C48H24N6O2/c1-2-12-26-25(11-1)44-43-45(26)50-48(54-32-18-8-4-14-28(32)40-34(54)22-24-38-42(40)30-16-6-10-20-36(30)56-38)52-46(43)51-47(49-44)53-31-17-7-3-13-27(31)39-33(53)21-23-37-41(39)29-15-5-9-19-35(29)55-37/h1-24H. The third kappa shape index (κ3) is 3.45. The second kappa shape index (κ2) is 10.0. The van der Waals surface area contributed by atoms with Crippen LogP contribution in [0, 0.1) is 0 Å². The predicted molar refractivity (Wildman–Crippen MR) is 223 cm³/mol. The van der Waals surface area contributed by atoms with Crippen molar-refractivity contribution in [3.8, 4) is 34.4 Å². The molecule has 0 N–H and O–H groups in total. The third-order valence-corrected chi connectivity index (χ3v) is 11.7. The minimum atomic E-state index is 0.548. The van der Waals surface area contributed by atoms with Gasteiger partial charge < -0.3 is 8.83 Å². The van der Waals surface area contributed by atoms with Crippen LogP contribution in [0.5, 0.6) is 0 Å². The van der Waals surface area contributed by atoms with Gasteiger partial charge in [0.05, 0.1) is 38.8 Å². The van der Waals surface area contributed by atoms with Crippen LogP contribution >= 0.6 is 0 Å². The fourth-order valence-corrected chi connectivity index (χ4v) is 9.48. The topological polar surface area (TPSA) is 87.7 Å². The Morgan fingerprint density at radius 2 is 0.750 bits per heavy atom. The van der Waals surface area contributed by atoms with Gasteiger partial charge in [0.15, 0.2) is 5.65 Å². The Balaban J connectivity index is 1.11. The van der Waals surface area contributed by atoms with Gasteiger partial charge in [-0.05, 0) is 48.5 Å². The Labute approximate surface area is 315 Å². The number of nitrogens with zero attached hydrogens (tertiary/aromatic N) is 6. The molecule has 7 aromatic carbocycles. The van der Waals surface area contributed by atoms with Crippen LogP contribution in [0.2, 0.25) is 0 Å². The average Bonchev–Trinajstić information content (AvgIpc) is 4.05. The summed E-state index contributed by atoms with van der Waals surface area (Å²) in [6.45, 7) is 0. The van der Waals surface area contributed by atoms with Crippen molar-refractivity contribution in [1.29, 1.82) is 0 Å². The van der Waals surface area contributed by atoms with Crippen molar-refractivity contribution >= 4 is 98.5 Å². The highest BCUT2D eigenvalue weighted by molar-refractivity contribution is 6.28. The Morgan fingerprint density at radius 1 is 0.321 bits per heavy atom. The second-order valence-electron chi connectivity index (χ2n) is 14.6. The van der Waals surface area contributed by atoms with E-state index in [9.17, 15) is 0 Å². The minimum absolute atomic E-state index is 0.548. The molecule has 8 nitrogen and oxygen atoms in total. The van der Waals surface area contributed by atoms with Crippen molar-refractivity contribution in [3.05, 3.63) is 146 Å². The van der Waals surface area contributed by atoms with Gasteiger partial charge in [0.1, 0.15) is 22.3 Å². The van der Waals surface area contributed by atoms with E-state index in [1.807, 2.05) is 24.3 Å². The largest absolute Gasteiger partial charge is 0.456 e. The highest BCUT2D eigenvalue weighted by Gasteiger charge is 2.30. The number of benzene rings is 7. The first-order valence-electron chi connectivity index (χ1n) is 18.7. The van der Waals surface area contributed by atoms with E-state index in [1.54, 1.807) is 0 Å². The maximum Gasteiger partial charge on any atom is 0.237 e. The van der Waals surface area contributed by atoms with E-state index in [-0.39, 0.29) is 0 Å². The lowest BCUT2D eigenvalue weighted by molar-refractivity contribution is 0.669. The normalized spacial score (nSPS) is 12.6.